The van der Waals surface area contributed by atoms with Crippen LogP contribution in [0.2, 0.25) is 0 Å². The summed E-state index contributed by atoms with van der Waals surface area (Å²) in [5.41, 5.74) is -4.93. The highest BCUT2D eigenvalue weighted by molar-refractivity contribution is 5.94. The third-order valence-corrected chi connectivity index (χ3v) is 9.68. The molecule has 6 unspecified atom stereocenters. The highest BCUT2D eigenvalue weighted by Gasteiger charge is 2.60. The Balaban J connectivity index is 1.59. The van der Waals surface area contributed by atoms with Crippen molar-refractivity contribution in [3.05, 3.63) is 29.3 Å². The van der Waals surface area contributed by atoms with Gasteiger partial charge in [-0.05, 0) is 79.9 Å². The molecule has 3 aliphatic carbocycles. The number of carbonyl (C=O) groups is 3. The van der Waals surface area contributed by atoms with Crippen LogP contribution < -0.4 is 5.32 Å². The number of carbonyl (C=O) groups excluding carboxylic acids is 2. The molecule has 1 aromatic carbocycles. The summed E-state index contributed by atoms with van der Waals surface area (Å²) in [5, 5.41) is 11.4. The van der Waals surface area contributed by atoms with E-state index in [4.69, 9.17) is 0 Å². The summed E-state index contributed by atoms with van der Waals surface area (Å²) >= 11 is 0. The minimum Gasteiger partial charge on any atom is -0.481 e. The van der Waals surface area contributed by atoms with Gasteiger partial charge in [-0.15, -0.1) is 0 Å². The number of carboxylic acid groups (broad SMARTS) is 1. The number of alkyl halides is 6. The van der Waals surface area contributed by atoms with Crippen LogP contribution in [0.4, 0.5) is 32.0 Å². The van der Waals surface area contributed by atoms with Crippen molar-refractivity contribution in [2.45, 2.75) is 77.6 Å². The molecule has 0 spiro atoms. The first kappa shape index (κ1) is 28.4. The van der Waals surface area contributed by atoms with Crippen LogP contribution in [0.1, 0.15) is 76.3 Å². The Morgan fingerprint density at radius 2 is 1.68 bits per heavy atom. The maximum absolute atomic E-state index is 13.6. The lowest BCUT2D eigenvalue weighted by atomic mass is 9.48. The van der Waals surface area contributed by atoms with Gasteiger partial charge in [0.15, 0.2) is 0 Å². The number of ketones is 1. The molecule has 0 radical (unpaired) electrons. The molecule has 3 saturated carbocycles. The van der Waals surface area contributed by atoms with E-state index in [2.05, 4.69) is 5.32 Å². The number of Topliss-reactive ketones (excluding diaryl/α,β-unsaturated/α-hetero) is 1. The monoisotopic (exact) mass is 547 g/mol. The van der Waals surface area contributed by atoms with E-state index in [1.165, 1.54) is 0 Å². The summed E-state index contributed by atoms with van der Waals surface area (Å²) < 4.78 is 80.3. The van der Waals surface area contributed by atoms with Crippen molar-refractivity contribution in [1.29, 1.82) is 0 Å². The zero-order chi connectivity index (χ0) is 28.3. The Labute approximate surface area is 216 Å². The smallest absolute Gasteiger partial charge is 0.418 e. The van der Waals surface area contributed by atoms with E-state index in [0.717, 1.165) is 0 Å². The molecule has 2 N–H and O–H groups in total. The number of hydrogen-bond donors (Lipinski definition) is 2. The summed E-state index contributed by atoms with van der Waals surface area (Å²) in [6.07, 6.45) is -6.76. The maximum atomic E-state index is 13.6. The Hall–Kier alpha value is -2.59. The summed E-state index contributed by atoms with van der Waals surface area (Å²) in [6.45, 7) is 3.73. The predicted molar refractivity (Wildman–Crippen MR) is 125 cm³/mol. The minimum atomic E-state index is -4.96. The number of fused-ring (bicyclic) bond motifs is 3. The van der Waals surface area contributed by atoms with E-state index >= 15 is 0 Å². The molecule has 3 aliphatic rings. The minimum absolute atomic E-state index is 0.00199. The van der Waals surface area contributed by atoms with Gasteiger partial charge < -0.3 is 10.4 Å². The van der Waals surface area contributed by atoms with Crippen molar-refractivity contribution in [2.75, 3.05) is 5.32 Å². The summed E-state index contributed by atoms with van der Waals surface area (Å²) in [4.78, 5) is 37.5. The van der Waals surface area contributed by atoms with Gasteiger partial charge in [-0.2, -0.15) is 26.3 Å². The van der Waals surface area contributed by atoms with Gasteiger partial charge in [0.25, 0.3) is 0 Å². The van der Waals surface area contributed by atoms with Crippen molar-refractivity contribution >= 4 is 23.3 Å². The number of rotatable bonds is 5. The van der Waals surface area contributed by atoms with Gasteiger partial charge in [0.1, 0.15) is 5.78 Å². The molecule has 0 aliphatic heterocycles. The van der Waals surface area contributed by atoms with Gasteiger partial charge in [0.05, 0.1) is 16.8 Å². The van der Waals surface area contributed by atoms with Crippen LogP contribution in [0.15, 0.2) is 18.2 Å². The number of hydrogen-bond acceptors (Lipinski definition) is 3. The fraction of sp³-hybridized carbons (Fsp3) is 0.667. The van der Waals surface area contributed by atoms with E-state index in [9.17, 15) is 45.8 Å². The summed E-state index contributed by atoms with van der Waals surface area (Å²) in [6, 6.07) is 1.01. The Bertz CT molecular complexity index is 1130. The molecular weight excluding hydrogens is 516 g/mol. The van der Waals surface area contributed by atoms with Crippen molar-refractivity contribution in [2.24, 2.45) is 34.5 Å². The van der Waals surface area contributed by atoms with E-state index in [1.54, 1.807) is 0 Å². The molecule has 38 heavy (non-hydrogen) atoms. The van der Waals surface area contributed by atoms with E-state index in [-0.39, 0.29) is 36.4 Å². The average molecular weight is 548 g/mol. The Morgan fingerprint density at radius 1 is 1.00 bits per heavy atom. The zero-order valence-electron chi connectivity index (χ0n) is 21.1. The topological polar surface area (TPSA) is 83.5 Å². The van der Waals surface area contributed by atoms with E-state index in [0.29, 0.717) is 56.7 Å². The lowest BCUT2D eigenvalue weighted by Crippen LogP contribution is -2.53. The van der Waals surface area contributed by atoms with Gasteiger partial charge in [-0.25, -0.2) is 0 Å². The van der Waals surface area contributed by atoms with Crippen molar-refractivity contribution in [1.82, 2.24) is 0 Å². The van der Waals surface area contributed by atoms with Gasteiger partial charge in [-0.1, -0.05) is 13.8 Å². The van der Waals surface area contributed by atoms with Crippen LogP contribution >= 0.6 is 0 Å². The molecular formula is C27H31F6NO4. The molecule has 1 aromatic rings. The molecule has 6 atom stereocenters. The van der Waals surface area contributed by atoms with E-state index in [1.807, 2.05) is 13.8 Å². The predicted octanol–water partition coefficient (Wildman–Crippen LogP) is 6.96. The van der Waals surface area contributed by atoms with Gasteiger partial charge in [0, 0.05) is 24.2 Å². The normalized spacial score (nSPS) is 33.4. The molecule has 11 heteroatoms. The lowest BCUT2D eigenvalue weighted by molar-refractivity contribution is -0.150. The third kappa shape index (κ3) is 4.93. The zero-order valence-corrected chi connectivity index (χ0v) is 21.1. The molecule has 4 rings (SSSR count). The average Bonchev–Trinajstić information content (AvgIpc) is 3.16. The third-order valence-electron chi connectivity index (χ3n) is 9.68. The fourth-order valence-electron chi connectivity index (χ4n) is 7.68. The number of benzene rings is 1. The molecule has 5 nitrogen and oxygen atoms in total. The number of carboxylic acids is 1. The highest BCUT2D eigenvalue weighted by Crippen LogP contribution is 2.64. The number of halogens is 6. The van der Waals surface area contributed by atoms with Crippen LogP contribution in [-0.4, -0.2) is 22.8 Å². The van der Waals surface area contributed by atoms with Crippen LogP contribution in [0, 0.1) is 34.5 Å². The van der Waals surface area contributed by atoms with Crippen LogP contribution in [-0.2, 0) is 26.7 Å². The SMILES string of the molecule is CC1(CCC(=O)O)C(=O)CCC2C1CCC1(C)C(C(=O)Nc3cc(C(F)(F)F)ccc3C(F)(F)F)CCC21. The highest BCUT2D eigenvalue weighted by atomic mass is 19.4. The van der Waals surface area contributed by atoms with Gasteiger partial charge in [-0.3, -0.25) is 14.4 Å². The van der Waals surface area contributed by atoms with Gasteiger partial charge >= 0.3 is 18.3 Å². The second kappa shape index (κ2) is 9.55. The first-order valence-corrected chi connectivity index (χ1v) is 12.8. The number of anilines is 1. The first-order valence-electron chi connectivity index (χ1n) is 12.8. The largest absolute Gasteiger partial charge is 0.481 e. The van der Waals surface area contributed by atoms with Crippen LogP contribution in [0.3, 0.4) is 0 Å². The molecule has 1 amide bonds. The van der Waals surface area contributed by atoms with Crippen molar-refractivity contribution in [3.8, 4) is 0 Å². The number of aliphatic carboxylic acids is 1. The van der Waals surface area contributed by atoms with Crippen LogP contribution in [0.5, 0.6) is 0 Å². The summed E-state index contributed by atoms with van der Waals surface area (Å²) in [7, 11) is 0. The Kier molecular flexibility index (Phi) is 7.14. The fourth-order valence-corrected chi connectivity index (χ4v) is 7.68. The number of nitrogens with one attached hydrogen (secondary N) is 1. The van der Waals surface area contributed by atoms with Crippen molar-refractivity contribution in [3.63, 3.8) is 0 Å². The van der Waals surface area contributed by atoms with Crippen molar-refractivity contribution < 1.29 is 45.8 Å². The second-order valence-electron chi connectivity index (χ2n) is 11.6. The number of amides is 1. The lowest BCUT2D eigenvalue weighted by Gasteiger charge is -2.55. The molecule has 210 valence electrons. The Morgan fingerprint density at radius 3 is 2.29 bits per heavy atom. The maximum Gasteiger partial charge on any atom is 0.418 e. The second-order valence-corrected chi connectivity index (χ2v) is 11.6. The molecule has 0 saturated heterocycles. The van der Waals surface area contributed by atoms with Gasteiger partial charge in [0.2, 0.25) is 5.91 Å². The first-order chi connectivity index (χ1) is 17.5. The molecule has 3 fully saturated rings. The standard InChI is InChI=1S/C27H31F6NO4/c1-24-11-9-17-15(4-8-21(35)25(17,2)12-10-22(36)37)16(24)6-7-19(24)23(38)34-20-13-14(26(28,29)30)3-5-18(20)27(31,32)33/h3,5,13,15-17,19H,4,6-12H2,1-2H3,(H,34,38)(H,36,37). The molecule has 0 heterocycles. The molecule has 0 aromatic heterocycles. The van der Waals surface area contributed by atoms with Crippen LogP contribution in [0.25, 0.3) is 0 Å². The summed E-state index contributed by atoms with van der Waals surface area (Å²) in [5.74, 6) is -2.37. The quantitative estimate of drug-likeness (QED) is 0.391. The molecule has 0 bridgehead atoms. The van der Waals surface area contributed by atoms with E-state index < -0.39 is 57.8 Å².